The van der Waals surface area contributed by atoms with E-state index in [2.05, 4.69) is 26.0 Å². The predicted molar refractivity (Wildman–Crippen MR) is 117 cm³/mol. The van der Waals surface area contributed by atoms with Crippen LogP contribution < -0.4 is 15.8 Å². The molecule has 1 unspecified atom stereocenters. The Balaban J connectivity index is 1.39. The van der Waals surface area contributed by atoms with Crippen LogP contribution in [-0.2, 0) is 12.0 Å². The van der Waals surface area contributed by atoms with Crippen molar-refractivity contribution in [2.24, 2.45) is 0 Å². The highest BCUT2D eigenvalue weighted by Gasteiger charge is 2.46. The van der Waals surface area contributed by atoms with Crippen molar-refractivity contribution < 1.29 is 13.9 Å². The maximum atomic E-state index is 12.3. The lowest BCUT2D eigenvalue weighted by Crippen LogP contribution is -2.40. The van der Waals surface area contributed by atoms with Crippen LogP contribution >= 0.6 is 0 Å². The van der Waals surface area contributed by atoms with Crippen LogP contribution in [0.1, 0.15) is 44.4 Å². The molecule has 3 N–H and O–H groups in total. The van der Waals surface area contributed by atoms with Crippen LogP contribution in [0.5, 0.6) is 5.75 Å². The van der Waals surface area contributed by atoms with Crippen LogP contribution in [-0.4, -0.2) is 50.3 Å². The molecule has 3 aromatic heterocycles. The molecule has 168 valence electrons. The summed E-state index contributed by atoms with van der Waals surface area (Å²) in [5, 5.41) is 7.72. The number of pyridine rings is 1. The largest absolute Gasteiger partial charge is 0.477 e. The van der Waals surface area contributed by atoms with Crippen molar-refractivity contribution in [3.8, 4) is 17.0 Å². The number of urea groups is 1. The number of aromatic nitrogens is 4. The highest BCUT2D eigenvalue weighted by molar-refractivity contribution is 5.75. The zero-order valence-electron chi connectivity index (χ0n) is 18.2. The Morgan fingerprint density at radius 3 is 2.97 bits per heavy atom. The topological polar surface area (TPSA) is 124 Å². The van der Waals surface area contributed by atoms with Gasteiger partial charge in [-0.1, -0.05) is 0 Å². The maximum Gasteiger partial charge on any atom is 0.317 e. The molecule has 0 aromatic carbocycles. The lowest BCUT2D eigenvalue weighted by Gasteiger charge is -2.23. The smallest absolute Gasteiger partial charge is 0.317 e. The second kappa shape index (κ2) is 7.85. The zero-order valence-corrected chi connectivity index (χ0v) is 18.2. The summed E-state index contributed by atoms with van der Waals surface area (Å²) in [5.74, 6) is 1.22. The standard InChI is InChI=1S/C22H27N7O3/c1-3-24-21(30)28-7-4-22(13-28)5-8-29-18(22)11-16(27-29)15-10-17(19(23)26-12-15)32-14(2)20-25-6-9-31-20/h6,9-12,14H,3-5,7-8,13H2,1-2H3,(H2,23,26)(H,24,30)/t14?,22-/m1/s1. The number of ether oxygens (including phenoxy) is 1. The number of hydrogen-bond acceptors (Lipinski definition) is 7. The molecule has 3 aromatic rings. The van der Waals surface area contributed by atoms with E-state index in [0.717, 1.165) is 37.2 Å². The molecule has 2 amide bonds. The number of nitrogen functional groups attached to an aromatic ring is 1. The highest BCUT2D eigenvalue weighted by Crippen LogP contribution is 2.44. The first-order valence-corrected chi connectivity index (χ1v) is 10.9. The van der Waals surface area contributed by atoms with Gasteiger partial charge in [-0.3, -0.25) is 4.68 Å². The molecular formula is C22H27N7O3. The molecular weight excluding hydrogens is 410 g/mol. The third kappa shape index (κ3) is 3.45. The second-order valence-electron chi connectivity index (χ2n) is 8.41. The Hall–Kier alpha value is -3.56. The number of anilines is 1. The van der Waals surface area contributed by atoms with Gasteiger partial charge in [0.05, 0.1) is 11.9 Å². The molecule has 1 saturated heterocycles. The molecule has 0 radical (unpaired) electrons. The molecule has 0 bridgehead atoms. The number of likely N-dealkylation sites (tertiary alicyclic amines) is 1. The van der Waals surface area contributed by atoms with Crippen molar-refractivity contribution in [1.29, 1.82) is 0 Å². The van der Waals surface area contributed by atoms with Crippen molar-refractivity contribution in [2.45, 2.75) is 44.8 Å². The first-order valence-electron chi connectivity index (χ1n) is 10.9. The number of oxazole rings is 1. The van der Waals surface area contributed by atoms with Gasteiger partial charge in [0.2, 0.25) is 5.89 Å². The van der Waals surface area contributed by atoms with Crippen molar-refractivity contribution in [3.63, 3.8) is 0 Å². The fraction of sp³-hybridized carbons (Fsp3) is 0.455. The van der Waals surface area contributed by atoms with Gasteiger partial charge in [-0.15, -0.1) is 0 Å². The van der Waals surface area contributed by atoms with E-state index in [9.17, 15) is 4.79 Å². The van der Waals surface area contributed by atoms with Gasteiger partial charge in [0.15, 0.2) is 17.7 Å². The molecule has 0 aliphatic carbocycles. The van der Waals surface area contributed by atoms with E-state index in [-0.39, 0.29) is 11.4 Å². The molecule has 5 heterocycles. The first-order chi connectivity index (χ1) is 15.5. The third-order valence-electron chi connectivity index (χ3n) is 6.37. The predicted octanol–water partition coefficient (Wildman–Crippen LogP) is 2.73. The molecule has 5 rings (SSSR count). The minimum Gasteiger partial charge on any atom is -0.477 e. The third-order valence-corrected chi connectivity index (χ3v) is 6.37. The second-order valence-corrected chi connectivity index (χ2v) is 8.41. The molecule has 32 heavy (non-hydrogen) atoms. The summed E-state index contributed by atoms with van der Waals surface area (Å²) in [7, 11) is 0. The number of nitrogens with two attached hydrogens (primary N) is 1. The van der Waals surface area contributed by atoms with E-state index >= 15 is 0 Å². The van der Waals surface area contributed by atoms with E-state index in [0.29, 0.717) is 30.5 Å². The SMILES string of the molecule is CCNC(=O)N1CC[C@@]2(CCn3nc(-c4cnc(N)c(OC(C)c5ncco5)c4)cc32)C1. The van der Waals surface area contributed by atoms with E-state index in [1.807, 2.05) is 24.8 Å². The van der Waals surface area contributed by atoms with Crippen LogP contribution in [0, 0.1) is 0 Å². The number of nitrogens with zero attached hydrogens (tertiary/aromatic N) is 5. The fourth-order valence-corrected chi connectivity index (χ4v) is 4.69. The van der Waals surface area contributed by atoms with Gasteiger partial charge in [-0.05, 0) is 38.8 Å². The van der Waals surface area contributed by atoms with Crippen LogP contribution in [0.25, 0.3) is 11.3 Å². The number of nitrogens with one attached hydrogen (secondary N) is 1. The van der Waals surface area contributed by atoms with E-state index < -0.39 is 6.10 Å². The summed E-state index contributed by atoms with van der Waals surface area (Å²) >= 11 is 0. The Morgan fingerprint density at radius 2 is 2.19 bits per heavy atom. The average Bonchev–Trinajstić information content (AvgIpc) is 3.56. The minimum absolute atomic E-state index is 0.00672. The Morgan fingerprint density at radius 1 is 1.34 bits per heavy atom. The number of carbonyl (C=O) groups excluding carboxylic acids is 1. The molecule has 1 fully saturated rings. The average molecular weight is 438 g/mol. The number of amides is 2. The van der Waals surface area contributed by atoms with Gasteiger partial charge in [0, 0.05) is 49.0 Å². The summed E-state index contributed by atoms with van der Waals surface area (Å²) in [6.45, 7) is 6.72. The summed E-state index contributed by atoms with van der Waals surface area (Å²) in [5.41, 5.74) is 8.82. The van der Waals surface area contributed by atoms with Crippen molar-refractivity contribution >= 4 is 11.8 Å². The number of rotatable bonds is 5. The monoisotopic (exact) mass is 437 g/mol. The summed E-state index contributed by atoms with van der Waals surface area (Å²) in [6, 6.07) is 3.97. The maximum absolute atomic E-state index is 12.3. The fourth-order valence-electron chi connectivity index (χ4n) is 4.69. The molecule has 2 atom stereocenters. The normalized spacial score (nSPS) is 20.5. The van der Waals surface area contributed by atoms with Crippen LogP contribution in [0.4, 0.5) is 10.6 Å². The van der Waals surface area contributed by atoms with E-state index in [1.54, 1.807) is 12.4 Å². The number of hydrogen-bond donors (Lipinski definition) is 2. The summed E-state index contributed by atoms with van der Waals surface area (Å²) in [4.78, 5) is 22.7. The molecule has 10 heteroatoms. The van der Waals surface area contributed by atoms with Crippen molar-refractivity contribution in [3.05, 3.63) is 42.4 Å². The van der Waals surface area contributed by atoms with E-state index in [1.165, 1.54) is 12.0 Å². The Kier molecular flexibility index (Phi) is 4.99. The van der Waals surface area contributed by atoms with Crippen molar-refractivity contribution in [1.82, 2.24) is 30.0 Å². The lowest BCUT2D eigenvalue weighted by atomic mass is 9.82. The molecule has 2 aliphatic heterocycles. The summed E-state index contributed by atoms with van der Waals surface area (Å²) in [6.07, 6.45) is 6.32. The first kappa shape index (κ1) is 20.3. The molecule has 2 aliphatic rings. The number of aryl methyl sites for hydroxylation is 1. The molecule has 10 nitrogen and oxygen atoms in total. The number of carbonyl (C=O) groups is 1. The lowest BCUT2D eigenvalue weighted by molar-refractivity contribution is 0.189. The highest BCUT2D eigenvalue weighted by atomic mass is 16.5. The Labute approximate surface area is 185 Å². The zero-order chi connectivity index (χ0) is 22.3. The van der Waals surface area contributed by atoms with Crippen LogP contribution in [0.3, 0.4) is 0 Å². The van der Waals surface area contributed by atoms with Gasteiger partial charge in [0.1, 0.15) is 6.26 Å². The van der Waals surface area contributed by atoms with Gasteiger partial charge in [-0.2, -0.15) is 5.10 Å². The van der Waals surface area contributed by atoms with Crippen LogP contribution in [0.15, 0.2) is 35.2 Å². The Bertz CT molecular complexity index is 1130. The van der Waals surface area contributed by atoms with Crippen LogP contribution in [0.2, 0.25) is 0 Å². The van der Waals surface area contributed by atoms with E-state index in [4.69, 9.17) is 20.0 Å². The van der Waals surface area contributed by atoms with Gasteiger partial charge < -0.3 is 25.1 Å². The van der Waals surface area contributed by atoms with Gasteiger partial charge in [0.25, 0.3) is 0 Å². The molecule has 0 saturated carbocycles. The van der Waals surface area contributed by atoms with Gasteiger partial charge in [-0.25, -0.2) is 14.8 Å². The number of fused-ring (bicyclic) bond motifs is 2. The van der Waals surface area contributed by atoms with Gasteiger partial charge >= 0.3 is 6.03 Å². The quantitative estimate of drug-likeness (QED) is 0.629. The van der Waals surface area contributed by atoms with Crippen molar-refractivity contribution in [2.75, 3.05) is 25.4 Å². The molecule has 1 spiro atoms. The minimum atomic E-state index is -0.404. The summed E-state index contributed by atoms with van der Waals surface area (Å²) < 4.78 is 13.3.